The van der Waals surface area contributed by atoms with Crippen LogP contribution in [0.4, 0.5) is 5.88 Å². The number of halogens is 1. The zero-order valence-corrected chi connectivity index (χ0v) is 16.5. The molecule has 1 aliphatic heterocycles. The van der Waals surface area contributed by atoms with Crippen molar-refractivity contribution in [2.45, 2.75) is 27.2 Å². The molecule has 1 aliphatic carbocycles. The Bertz CT molecular complexity index is 1090. The lowest BCUT2D eigenvalue weighted by molar-refractivity contribution is -0.402. The van der Waals surface area contributed by atoms with Crippen LogP contribution in [0.25, 0.3) is 5.57 Å². The van der Waals surface area contributed by atoms with Crippen LogP contribution in [0.3, 0.4) is 0 Å². The highest BCUT2D eigenvalue weighted by Crippen LogP contribution is 2.44. The number of nitro groups is 1. The van der Waals surface area contributed by atoms with E-state index in [1.165, 1.54) is 28.0 Å². The van der Waals surface area contributed by atoms with Crippen molar-refractivity contribution >= 4 is 28.4 Å². The first kappa shape index (κ1) is 18.3. The predicted molar refractivity (Wildman–Crippen MR) is 105 cm³/mol. The summed E-state index contributed by atoms with van der Waals surface area (Å²) in [4.78, 5) is 15.1. The fourth-order valence-corrected chi connectivity index (χ4v) is 3.74. The van der Waals surface area contributed by atoms with E-state index in [0.717, 1.165) is 11.1 Å². The second-order valence-electron chi connectivity index (χ2n) is 6.87. The van der Waals surface area contributed by atoms with Crippen molar-refractivity contribution in [1.29, 1.82) is 0 Å². The van der Waals surface area contributed by atoms with E-state index in [9.17, 15) is 10.1 Å². The van der Waals surface area contributed by atoms with Gasteiger partial charge in [0.2, 0.25) is 0 Å². The highest BCUT2D eigenvalue weighted by molar-refractivity contribution is 8.93. The Balaban J connectivity index is 0.00000196. The summed E-state index contributed by atoms with van der Waals surface area (Å²) in [6.45, 7) is 6.37. The maximum absolute atomic E-state index is 10.9. The van der Waals surface area contributed by atoms with Crippen LogP contribution in [0.5, 0.6) is 0 Å². The molecule has 4 rings (SSSR count). The van der Waals surface area contributed by atoms with E-state index in [4.69, 9.17) is 9.41 Å². The zero-order chi connectivity index (χ0) is 17.8. The Morgan fingerprint density at radius 3 is 2.62 bits per heavy atom. The average Bonchev–Trinajstić information content (AvgIpc) is 3.16. The Labute approximate surface area is 161 Å². The molecule has 1 atom stereocenters. The summed E-state index contributed by atoms with van der Waals surface area (Å²) in [6, 6.07) is 11.2. The lowest BCUT2D eigenvalue weighted by Gasteiger charge is -2.33. The number of fused-ring (bicyclic) bond motifs is 2. The molecule has 2 heterocycles. The van der Waals surface area contributed by atoms with Crippen molar-refractivity contribution in [1.82, 2.24) is 0 Å². The van der Waals surface area contributed by atoms with E-state index in [0.29, 0.717) is 12.2 Å². The first-order valence-electron chi connectivity index (χ1n) is 8.22. The van der Waals surface area contributed by atoms with Gasteiger partial charge in [0.05, 0.1) is 17.1 Å². The molecule has 0 spiro atoms. The molecule has 0 radical (unpaired) electrons. The van der Waals surface area contributed by atoms with Gasteiger partial charge in [-0.15, -0.1) is 17.0 Å². The Hall–Kier alpha value is -2.47. The summed E-state index contributed by atoms with van der Waals surface area (Å²) in [7, 11) is 0. The largest absolute Gasteiger partial charge is 0.433 e. The van der Waals surface area contributed by atoms with E-state index in [-0.39, 0.29) is 28.3 Å². The fourth-order valence-electron chi connectivity index (χ4n) is 3.74. The van der Waals surface area contributed by atoms with Gasteiger partial charge in [0.15, 0.2) is 0 Å². The standard InChI is InChI=1S/C20H18N2O3.BrH/c1-12-13(2)20(3,10-14-8-9-18(25-14)22(23)24)11-17-19(12)15-6-4-5-7-16(15)21-17;/h4-9,11H,10H2,1-3H3;1H. The van der Waals surface area contributed by atoms with Gasteiger partial charge < -0.3 is 4.42 Å². The first-order chi connectivity index (χ1) is 11.9. The monoisotopic (exact) mass is 414 g/mol. The minimum absolute atomic E-state index is 0. The van der Waals surface area contributed by atoms with Gasteiger partial charge in [0, 0.05) is 22.6 Å². The molecule has 1 unspecified atom stereocenters. The summed E-state index contributed by atoms with van der Waals surface area (Å²) in [5.41, 5.74) is 4.33. The number of hydrogen-bond donors (Lipinski definition) is 0. The molecule has 5 nitrogen and oxygen atoms in total. The third-order valence-electron chi connectivity index (χ3n) is 5.29. The van der Waals surface area contributed by atoms with Gasteiger partial charge in [0.25, 0.3) is 0 Å². The molecule has 0 saturated heterocycles. The molecule has 2 aliphatic rings. The number of hydrogen-bond acceptors (Lipinski definition) is 4. The Kier molecular flexibility index (Phi) is 4.48. The summed E-state index contributed by atoms with van der Waals surface area (Å²) in [5.74, 6) is 0.391. The number of nitrogens with zero attached hydrogens (tertiary/aromatic N) is 2. The van der Waals surface area contributed by atoms with Gasteiger partial charge in [-0.2, -0.15) is 0 Å². The van der Waals surface area contributed by atoms with E-state index in [1.807, 2.05) is 18.2 Å². The molecule has 134 valence electrons. The molecule has 26 heavy (non-hydrogen) atoms. The first-order valence-corrected chi connectivity index (χ1v) is 8.22. The van der Waals surface area contributed by atoms with Crippen LogP contribution in [-0.4, -0.2) is 4.92 Å². The maximum atomic E-state index is 10.9. The van der Waals surface area contributed by atoms with Crippen LogP contribution in [0.1, 0.15) is 26.5 Å². The third-order valence-corrected chi connectivity index (χ3v) is 5.29. The van der Waals surface area contributed by atoms with Crippen LogP contribution >= 0.6 is 17.0 Å². The summed E-state index contributed by atoms with van der Waals surface area (Å²) < 4.78 is 5.38. The topological polar surface area (TPSA) is 68.6 Å². The van der Waals surface area contributed by atoms with Crippen molar-refractivity contribution < 1.29 is 9.34 Å². The predicted octanol–water partition coefficient (Wildman–Crippen LogP) is 4.03. The Morgan fingerprint density at radius 2 is 1.92 bits per heavy atom. The van der Waals surface area contributed by atoms with Crippen molar-refractivity contribution in [2.24, 2.45) is 10.4 Å². The molecule has 6 heteroatoms. The number of benzene rings is 1. The molecule has 0 N–H and O–H groups in total. The van der Waals surface area contributed by atoms with Crippen LogP contribution in [0, 0.1) is 15.5 Å². The Morgan fingerprint density at radius 1 is 1.19 bits per heavy atom. The summed E-state index contributed by atoms with van der Waals surface area (Å²) in [5, 5.41) is 13.0. The molecular weight excluding hydrogens is 396 g/mol. The second kappa shape index (κ2) is 6.36. The van der Waals surface area contributed by atoms with Crippen LogP contribution < -0.4 is 10.6 Å². The maximum Gasteiger partial charge on any atom is 0.433 e. The SMILES string of the molecule is Br.CC1=C(C)C(C)(Cc2ccc([N+](=O)[O-])o2)C=C2N=c3ccccc3=C21. The van der Waals surface area contributed by atoms with Gasteiger partial charge in [-0.3, -0.25) is 10.1 Å². The van der Waals surface area contributed by atoms with Gasteiger partial charge in [0.1, 0.15) is 10.7 Å². The number of para-hydroxylation sites is 1. The summed E-state index contributed by atoms with van der Waals surface area (Å²) >= 11 is 0. The van der Waals surface area contributed by atoms with Crippen molar-refractivity contribution in [3.05, 3.63) is 85.8 Å². The minimum atomic E-state index is -0.506. The van der Waals surface area contributed by atoms with E-state index in [1.54, 1.807) is 6.07 Å². The summed E-state index contributed by atoms with van der Waals surface area (Å²) in [6.07, 6.45) is 2.73. The average molecular weight is 415 g/mol. The highest BCUT2D eigenvalue weighted by Gasteiger charge is 2.35. The van der Waals surface area contributed by atoms with Crippen molar-refractivity contribution in [2.75, 3.05) is 0 Å². The molecule has 0 amide bonds. The van der Waals surface area contributed by atoms with Crippen molar-refractivity contribution in [3.8, 4) is 0 Å². The van der Waals surface area contributed by atoms with Gasteiger partial charge in [-0.25, -0.2) is 4.99 Å². The van der Waals surface area contributed by atoms with E-state index >= 15 is 0 Å². The fraction of sp³-hybridized carbons (Fsp3) is 0.250. The molecule has 1 aromatic carbocycles. The second-order valence-corrected chi connectivity index (χ2v) is 6.87. The molecule has 0 bridgehead atoms. The van der Waals surface area contributed by atoms with Gasteiger partial charge in [-0.05, 0) is 37.6 Å². The quantitative estimate of drug-likeness (QED) is 0.562. The molecular formula is C20H19BrN2O3. The van der Waals surface area contributed by atoms with Crippen LogP contribution in [-0.2, 0) is 6.42 Å². The molecule has 0 fully saturated rings. The molecule has 1 aromatic heterocycles. The zero-order valence-electron chi connectivity index (χ0n) is 14.8. The van der Waals surface area contributed by atoms with Gasteiger partial charge >= 0.3 is 5.88 Å². The normalized spacial score (nSPS) is 20.7. The minimum Gasteiger partial charge on any atom is -0.406 e. The lowest BCUT2D eigenvalue weighted by Crippen LogP contribution is -2.26. The van der Waals surface area contributed by atoms with E-state index in [2.05, 4.69) is 32.9 Å². The molecule has 2 aromatic rings. The number of furan rings is 1. The lowest BCUT2D eigenvalue weighted by atomic mass is 9.71. The van der Waals surface area contributed by atoms with Crippen LogP contribution in [0.2, 0.25) is 0 Å². The highest BCUT2D eigenvalue weighted by atomic mass is 79.9. The molecule has 0 saturated carbocycles. The van der Waals surface area contributed by atoms with E-state index < -0.39 is 4.92 Å². The van der Waals surface area contributed by atoms with Gasteiger partial charge in [-0.1, -0.05) is 30.7 Å². The number of rotatable bonds is 3. The van der Waals surface area contributed by atoms with Crippen molar-refractivity contribution in [3.63, 3.8) is 0 Å². The number of allylic oxidation sites excluding steroid dienone is 3. The third kappa shape index (κ3) is 2.74. The van der Waals surface area contributed by atoms with Crippen LogP contribution in [0.15, 0.2) is 68.7 Å². The smallest absolute Gasteiger partial charge is 0.406 e.